The molecule has 0 saturated carbocycles. The summed E-state index contributed by atoms with van der Waals surface area (Å²) in [5.41, 5.74) is -0.937. The highest BCUT2D eigenvalue weighted by molar-refractivity contribution is 7.89. The smallest absolute Gasteiger partial charge is 0.336 e. The van der Waals surface area contributed by atoms with Gasteiger partial charge in [-0.2, -0.15) is 4.31 Å². The molecule has 2 rings (SSSR count). The number of carbonyl (C=O) groups is 1. The third-order valence-corrected chi connectivity index (χ3v) is 5.59. The minimum Gasteiger partial charge on any atom is -0.459 e. The van der Waals surface area contributed by atoms with Crippen LogP contribution < -0.4 is 5.63 Å². The lowest BCUT2D eigenvalue weighted by atomic mass is 10.2. The van der Waals surface area contributed by atoms with Crippen LogP contribution in [0.5, 0.6) is 0 Å². The van der Waals surface area contributed by atoms with E-state index in [0.717, 1.165) is 4.31 Å². The maximum Gasteiger partial charge on any atom is 0.336 e. The predicted molar refractivity (Wildman–Crippen MR) is 106 cm³/mol. The van der Waals surface area contributed by atoms with Crippen molar-refractivity contribution in [3.05, 3.63) is 40.8 Å². The number of esters is 1. The number of likely N-dealkylation sites (N-methyl/N-ethyl adjacent to an activating group) is 1. The second kappa shape index (κ2) is 8.42. The molecule has 1 aromatic carbocycles. The van der Waals surface area contributed by atoms with E-state index in [1.165, 1.54) is 30.3 Å². The maximum atomic E-state index is 13.2. The first-order chi connectivity index (χ1) is 12.9. The number of sulfonamides is 1. The van der Waals surface area contributed by atoms with Crippen LogP contribution in [0.4, 0.5) is 0 Å². The van der Waals surface area contributed by atoms with Gasteiger partial charge in [-0.1, -0.05) is 0 Å². The van der Waals surface area contributed by atoms with Crippen LogP contribution in [0.15, 0.2) is 44.4 Å². The van der Waals surface area contributed by atoms with Gasteiger partial charge in [-0.05, 0) is 59.1 Å². The summed E-state index contributed by atoms with van der Waals surface area (Å²) < 4.78 is 37.8. The van der Waals surface area contributed by atoms with Crippen LogP contribution in [-0.2, 0) is 19.6 Å². The normalized spacial score (nSPS) is 12.7. The summed E-state index contributed by atoms with van der Waals surface area (Å²) in [5.74, 6) is -0.624. The van der Waals surface area contributed by atoms with E-state index in [2.05, 4.69) is 0 Å². The zero-order valence-electron chi connectivity index (χ0n) is 16.8. The molecular formula is C19H26N2O6S. The van der Waals surface area contributed by atoms with Gasteiger partial charge in [-0.15, -0.1) is 0 Å². The van der Waals surface area contributed by atoms with Crippen molar-refractivity contribution in [1.82, 2.24) is 9.21 Å². The van der Waals surface area contributed by atoms with Gasteiger partial charge in [0.25, 0.3) is 0 Å². The lowest BCUT2D eigenvalue weighted by molar-refractivity contribution is -0.155. The molecule has 0 saturated heterocycles. The molecule has 0 aliphatic carbocycles. The van der Waals surface area contributed by atoms with Crippen molar-refractivity contribution < 1.29 is 22.4 Å². The molecule has 28 heavy (non-hydrogen) atoms. The van der Waals surface area contributed by atoms with Crippen LogP contribution in [0.25, 0.3) is 11.0 Å². The van der Waals surface area contributed by atoms with E-state index >= 15 is 0 Å². The Morgan fingerprint density at radius 1 is 1.11 bits per heavy atom. The van der Waals surface area contributed by atoms with Gasteiger partial charge in [-0.3, -0.25) is 4.79 Å². The SMILES string of the molecule is CN(C)CCN(CC(=O)OC(C)(C)C)S(=O)(=O)c1ccc2oc(=O)ccc2c1. The topological polar surface area (TPSA) is 97.1 Å². The third kappa shape index (κ3) is 5.88. The fourth-order valence-corrected chi connectivity index (χ4v) is 3.88. The molecule has 0 spiro atoms. The number of hydrogen-bond acceptors (Lipinski definition) is 7. The van der Waals surface area contributed by atoms with Crippen LogP contribution >= 0.6 is 0 Å². The highest BCUT2D eigenvalue weighted by Crippen LogP contribution is 2.21. The number of benzene rings is 1. The van der Waals surface area contributed by atoms with Gasteiger partial charge in [0, 0.05) is 24.5 Å². The zero-order valence-corrected chi connectivity index (χ0v) is 17.6. The number of rotatable bonds is 7. The molecule has 9 heteroatoms. The second-order valence-corrected chi connectivity index (χ2v) is 9.62. The largest absolute Gasteiger partial charge is 0.459 e. The van der Waals surface area contributed by atoms with Crippen LogP contribution in [0.3, 0.4) is 0 Å². The Balaban J connectivity index is 2.37. The van der Waals surface area contributed by atoms with Gasteiger partial charge < -0.3 is 14.1 Å². The maximum absolute atomic E-state index is 13.2. The number of carbonyl (C=O) groups excluding carboxylic acids is 1. The minimum atomic E-state index is -3.96. The highest BCUT2D eigenvalue weighted by Gasteiger charge is 2.29. The van der Waals surface area contributed by atoms with Crippen molar-refractivity contribution in [3.63, 3.8) is 0 Å². The van der Waals surface area contributed by atoms with Gasteiger partial charge in [0.2, 0.25) is 10.0 Å². The third-order valence-electron chi connectivity index (χ3n) is 3.75. The predicted octanol–water partition coefficient (Wildman–Crippen LogP) is 1.69. The van der Waals surface area contributed by atoms with E-state index in [9.17, 15) is 18.0 Å². The monoisotopic (exact) mass is 410 g/mol. The summed E-state index contributed by atoms with van der Waals surface area (Å²) in [6.45, 7) is 5.33. The Bertz CT molecular complexity index is 1000. The van der Waals surface area contributed by atoms with E-state index in [4.69, 9.17) is 9.15 Å². The van der Waals surface area contributed by atoms with E-state index in [0.29, 0.717) is 17.5 Å². The number of ether oxygens (including phenoxy) is 1. The van der Waals surface area contributed by atoms with Crippen LogP contribution in [0, 0.1) is 0 Å². The standard InChI is InChI=1S/C19H26N2O6S/c1-19(2,3)27-18(23)13-21(11-10-20(4)5)28(24,25)15-7-8-16-14(12-15)6-9-17(22)26-16/h6-9,12H,10-11,13H2,1-5H3. The van der Waals surface area contributed by atoms with Crippen LogP contribution in [-0.4, -0.2) is 62.9 Å². The highest BCUT2D eigenvalue weighted by atomic mass is 32.2. The summed E-state index contributed by atoms with van der Waals surface area (Å²) in [5, 5.41) is 0.477. The van der Waals surface area contributed by atoms with Crippen molar-refractivity contribution >= 4 is 27.0 Å². The molecule has 0 amide bonds. The molecule has 8 nitrogen and oxygen atoms in total. The number of fused-ring (bicyclic) bond motifs is 1. The quantitative estimate of drug-likeness (QED) is 0.506. The molecular weight excluding hydrogens is 384 g/mol. The summed E-state index contributed by atoms with van der Waals surface area (Å²) in [6, 6.07) is 6.94. The lowest BCUT2D eigenvalue weighted by Crippen LogP contribution is -2.41. The first kappa shape index (κ1) is 22.1. The van der Waals surface area contributed by atoms with Crippen molar-refractivity contribution in [2.45, 2.75) is 31.3 Å². The average Bonchev–Trinajstić information content (AvgIpc) is 2.56. The summed E-state index contributed by atoms with van der Waals surface area (Å²) in [7, 11) is -0.331. The van der Waals surface area contributed by atoms with Crippen molar-refractivity contribution in [2.75, 3.05) is 33.7 Å². The second-order valence-electron chi connectivity index (χ2n) is 7.68. The fraction of sp³-hybridized carbons (Fsp3) is 0.474. The molecule has 1 heterocycles. The number of hydrogen-bond donors (Lipinski definition) is 0. The molecule has 0 unspecified atom stereocenters. The molecule has 0 bridgehead atoms. The Morgan fingerprint density at radius 3 is 2.39 bits per heavy atom. The van der Waals surface area contributed by atoms with Crippen LogP contribution in [0.1, 0.15) is 20.8 Å². The summed E-state index contributed by atoms with van der Waals surface area (Å²) >= 11 is 0. The Morgan fingerprint density at radius 2 is 1.79 bits per heavy atom. The van der Waals surface area contributed by atoms with E-state index in [-0.39, 0.29) is 11.4 Å². The summed E-state index contributed by atoms with van der Waals surface area (Å²) in [4.78, 5) is 25.4. The molecule has 0 radical (unpaired) electrons. The Labute approximate surface area is 164 Å². The van der Waals surface area contributed by atoms with Gasteiger partial charge in [0.1, 0.15) is 17.7 Å². The van der Waals surface area contributed by atoms with Gasteiger partial charge in [0.05, 0.1) is 4.90 Å². The van der Waals surface area contributed by atoms with Gasteiger partial charge in [-0.25, -0.2) is 13.2 Å². The molecule has 1 aromatic heterocycles. The molecule has 0 aliphatic rings. The molecule has 0 atom stereocenters. The Kier molecular flexibility index (Phi) is 6.63. The number of nitrogens with zero attached hydrogens (tertiary/aromatic N) is 2. The summed E-state index contributed by atoms with van der Waals surface area (Å²) in [6.07, 6.45) is 0. The zero-order chi connectivity index (χ0) is 21.1. The first-order valence-corrected chi connectivity index (χ1v) is 10.2. The molecule has 2 aromatic rings. The van der Waals surface area contributed by atoms with Crippen molar-refractivity contribution in [1.29, 1.82) is 0 Å². The van der Waals surface area contributed by atoms with Gasteiger partial charge in [0.15, 0.2) is 0 Å². The average molecular weight is 410 g/mol. The minimum absolute atomic E-state index is 0.0103. The van der Waals surface area contributed by atoms with E-state index < -0.39 is 33.8 Å². The van der Waals surface area contributed by atoms with E-state index in [1.54, 1.807) is 20.8 Å². The van der Waals surface area contributed by atoms with Crippen LogP contribution in [0.2, 0.25) is 0 Å². The molecule has 0 fully saturated rings. The van der Waals surface area contributed by atoms with Gasteiger partial charge >= 0.3 is 11.6 Å². The lowest BCUT2D eigenvalue weighted by Gasteiger charge is -2.25. The fourth-order valence-electron chi connectivity index (χ4n) is 2.47. The molecule has 154 valence electrons. The first-order valence-electron chi connectivity index (χ1n) is 8.79. The molecule has 0 aliphatic heterocycles. The van der Waals surface area contributed by atoms with Crippen molar-refractivity contribution in [2.24, 2.45) is 0 Å². The van der Waals surface area contributed by atoms with E-state index in [1.807, 2.05) is 19.0 Å². The van der Waals surface area contributed by atoms with Crippen molar-refractivity contribution in [3.8, 4) is 0 Å². The molecule has 0 N–H and O–H groups in total. The Hall–Kier alpha value is -2.23.